The molecule has 6 nitrogen and oxygen atoms in total. The van der Waals surface area contributed by atoms with Gasteiger partial charge in [-0.3, -0.25) is 4.90 Å². The fourth-order valence-corrected chi connectivity index (χ4v) is 4.34. The standard InChI is InChI=1S/C23H23ClN4O2S/c1-4-30-23(29)21-25-28(19-9-7-16(24)8-10-19)22(20-6-5-15-31-20)27(21)18-13-11-17(12-14-18)26(2)3/h5-15,22H,4H2,1-3H3/t22-/m0/s1. The number of amidine groups is 1. The lowest BCUT2D eigenvalue weighted by atomic mass is 10.2. The molecule has 4 rings (SSSR count). The molecule has 0 unspecified atom stereocenters. The maximum Gasteiger partial charge on any atom is 0.376 e. The van der Waals surface area contributed by atoms with Crippen molar-refractivity contribution in [1.29, 1.82) is 0 Å². The molecule has 0 N–H and O–H groups in total. The van der Waals surface area contributed by atoms with Crippen LogP contribution in [0.1, 0.15) is 18.0 Å². The second-order valence-corrected chi connectivity index (χ2v) is 8.55. The molecule has 2 aromatic carbocycles. The summed E-state index contributed by atoms with van der Waals surface area (Å²) in [6, 6.07) is 19.5. The summed E-state index contributed by atoms with van der Waals surface area (Å²) in [6.45, 7) is 2.06. The Bertz CT molecular complexity index is 1070. The van der Waals surface area contributed by atoms with E-state index in [9.17, 15) is 4.79 Å². The van der Waals surface area contributed by atoms with E-state index in [1.165, 1.54) is 0 Å². The van der Waals surface area contributed by atoms with E-state index < -0.39 is 5.97 Å². The number of esters is 1. The molecular formula is C23H23ClN4O2S. The Balaban J connectivity index is 1.84. The summed E-state index contributed by atoms with van der Waals surface area (Å²) >= 11 is 7.71. The lowest BCUT2D eigenvalue weighted by Crippen LogP contribution is -2.38. The SMILES string of the molecule is CCOC(=O)C1=NN(c2ccc(Cl)cc2)[C@@H](c2cccs2)N1c1ccc(N(C)C)cc1. The Morgan fingerprint density at radius 1 is 1.10 bits per heavy atom. The van der Waals surface area contributed by atoms with Crippen LogP contribution in [0.15, 0.2) is 71.1 Å². The molecule has 0 aliphatic carbocycles. The molecule has 160 valence electrons. The fourth-order valence-electron chi connectivity index (χ4n) is 3.42. The van der Waals surface area contributed by atoms with Gasteiger partial charge in [0, 0.05) is 35.4 Å². The highest BCUT2D eigenvalue weighted by molar-refractivity contribution is 7.10. The molecule has 0 spiro atoms. The van der Waals surface area contributed by atoms with Crippen molar-refractivity contribution < 1.29 is 9.53 Å². The van der Waals surface area contributed by atoms with Gasteiger partial charge in [0.2, 0.25) is 5.84 Å². The molecule has 0 amide bonds. The minimum atomic E-state index is -0.461. The molecule has 3 aromatic rings. The van der Waals surface area contributed by atoms with Gasteiger partial charge in [-0.15, -0.1) is 16.4 Å². The van der Waals surface area contributed by atoms with Crippen molar-refractivity contribution in [3.63, 3.8) is 0 Å². The predicted molar refractivity (Wildman–Crippen MR) is 128 cm³/mol. The smallest absolute Gasteiger partial charge is 0.376 e. The van der Waals surface area contributed by atoms with E-state index in [2.05, 4.69) is 0 Å². The largest absolute Gasteiger partial charge is 0.460 e. The van der Waals surface area contributed by atoms with Crippen LogP contribution in [0.5, 0.6) is 0 Å². The first-order valence-corrected chi connectivity index (χ1v) is 11.2. The van der Waals surface area contributed by atoms with Gasteiger partial charge in [-0.2, -0.15) is 0 Å². The summed E-state index contributed by atoms with van der Waals surface area (Å²) in [7, 11) is 3.99. The van der Waals surface area contributed by atoms with E-state index in [1.54, 1.807) is 18.3 Å². The highest BCUT2D eigenvalue weighted by atomic mass is 35.5. The summed E-state index contributed by atoms with van der Waals surface area (Å²) < 4.78 is 5.34. The summed E-state index contributed by atoms with van der Waals surface area (Å²) in [5.41, 5.74) is 2.75. The Morgan fingerprint density at radius 3 is 2.35 bits per heavy atom. The first-order chi connectivity index (χ1) is 15.0. The number of thiophene rings is 1. The average Bonchev–Trinajstić information content (AvgIpc) is 3.42. The van der Waals surface area contributed by atoms with Crippen molar-refractivity contribution in [1.82, 2.24) is 0 Å². The van der Waals surface area contributed by atoms with Gasteiger partial charge in [-0.05, 0) is 66.9 Å². The number of benzene rings is 2. The molecule has 0 bridgehead atoms. The van der Waals surface area contributed by atoms with Crippen LogP contribution in [0, 0.1) is 0 Å². The molecular weight excluding hydrogens is 432 g/mol. The molecule has 2 heterocycles. The van der Waals surface area contributed by atoms with Crippen LogP contribution in [0.25, 0.3) is 0 Å². The number of carbonyl (C=O) groups is 1. The summed E-state index contributed by atoms with van der Waals surface area (Å²) in [4.78, 5) is 17.9. The number of nitrogens with zero attached hydrogens (tertiary/aromatic N) is 4. The van der Waals surface area contributed by atoms with Gasteiger partial charge < -0.3 is 9.64 Å². The van der Waals surface area contributed by atoms with Crippen LogP contribution in [-0.4, -0.2) is 32.5 Å². The van der Waals surface area contributed by atoms with E-state index in [0.717, 1.165) is 21.9 Å². The molecule has 1 aliphatic heterocycles. The molecule has 1 aromatic heterocycles. The number of hydrazone groups is 1. The van der Waals surface area contributed by atoms with Gasteiger partial charge in [0.05, 0.1) is 12.3 Å². The lowest BCUT2D eigenvalue weighted by Gasteiger charge is -2.31. The lowest BCUT2D eigenvalue weighted by molar-refractivity contribution is -0.135. The molecule has 8 heteroatoms. The van der Waals surface area contributed by atoms with Crippen molar-refractivity contribution in [3.05, 3.63) is 75.9 Å². The Labute approximate surface area is 190 Å². The average molecular weight is 455 g/mol. The van der Waals surface area contributed by atoms with E-state index in [1.807, 2.05) is 94.9 Å². The van der Waals surface area contributed by atoms with Gasteiger partial charge in [0.15, 0.2) is 6.17 Å². The fraction of sp³-hybridized carbons (Fsp3) is 0.217. The van der Waals surface area contributed by atoms with Crippen LogP contribution in [0.2, 0.25) is 5.02 Å². The number of ether oxygens (including phenoxy) is 1. The van der Waals surface area contributed by atoms with E-state index in [-0.39, 0.29) is 18.6 Å². The van der Waals surface area contributed by atoms with Crippen LogP contribution in [-0.2, 0) is 9.53 Å². The van der Waals surface area contributed by atoms with Gasteiger partial charge in [0.1, 0.15) is 0 Å². The molecule has 1 atom stereocenters. The summed E-state index contributed by atoms with van der Waals surface area (Å²) in [5.74, 6) is -0.218. The second kappa shape index (κ2) is 8.99. The number of halogens is 1. The van der Waals surface area contributed by atoms with E-state index in [0.29, 0.717) is 5.02 Å². The van der Waals surface area contributed by atoms with Crippen molar-refractivity contribution in [2.24, 2.45) is 5.10 Å². The van der Waals surface area contributed by atoms with Crippen LogP contribution >= 0.6 is 22.9 Å². The minimum absolute atomic E-state index is 0.243. The normalized spacial score (nSPS) is 15.7. The maximum atomic E-state index is 12.9. The Kier molecular flexibility index (Phi) is 6.15. The van der Waals surface area contributed by atoms with Crippen molar-refractivity contribution in [3.8, 4) is 0 Å². The zero-order valence-electron chi connectivity index (χ0n) is 17.5. The quantitative estimate of drug-likeness (QED) is 0.468. The van der Waals surface area contributed by atoms with E-state index >= 15 is 0 Å². The van der Waals surface area contributed by atoms with Crippen molar-refractivity contribution >= 4 is 51.8 Å². The Morgan fingerprint density at radius 2 is 1.77 bits per heavy atom. The number of anilines is 3. The summed E-state index contributed by atoms with van der Waals surface area (Å²) in [6.07, 6.45) is -0.328. The molecule has 1 aliphatic rings. The van der Waals surface area contributed by atoms with Crippen LogP contribution in [0.4, 0.5) is 17.1 Å². The van der Waals surface area contributed by atoms with Gasteiger partial charge in [0.25, 0.3) is 0 Å². The topological polar surface area (TPSA) is 48.4 Å². The predicted octanol–water partition coefficient (Wildman–Crippen LogP) is 5.37. The molecule has 31 heavy (non-hydrogen) atoms. The number of hydrogen-bond acceptors (Lipinski definition) is 7. The molecule has 0 fully saturated rings. The first kappa shape index (κ1) is 21.2. The number of hydrogen-bond donors (Lipinski definition) is 0. The zero-order chi connectivity index (χ0) is 22.0. The van der Waals surface area contributed by atoms with Gasteiger partial charge in [-0.1, -0.05) is 17.7 Å². The second-order valence-electron chi connectivity index (χ2n) is 7.13. The third-order valence-corrected chi connectivity index (χ3v) is 6.06. The highest BCUT2D eigenvalue weighted by Gasteiger charge is 2.41. The Hall–Kier alpha value is -3.03. The van der Waals surface area contributed by atoms with Gasteiger partial charge >= 0.3 is 5.97 Å². The van der Waals surface area contributed by atoms with Gasteiger partial charge in [-0.25, -0.2) is 9.80 Å². The summed E-state index contributed by atoms with van der Waals surface area (Å²) in [5, 5.41) is 9.21. The van der Waals surface area contributed by atoms with Crippen LogP contribution in [0.3, 0.4) is 0 Å². The third-order valence-electron chi connectivity index (χ3n) is 4.90. The number of carbonyl (C=O) groups excluding carboxylic acids is 1. The third kappa shape index (κ3) is 4.24. The highest BCUT2D eigenvalue weighted by Crippen LogP contribution is 2.41. The molecule has 0 saturated carbocycles. The van der Waals surface area contributed by atoms with E-state index in [4.69, 9.17) is 21.4 Å². The molecule has 0 radical (unpaired) electrons. The maximum absolute atomic E-state index is 12.9. The number of rotatable bonds is 6. The van der Waals surface area contributed by atoms with Crippen molar-refractivity contribution in [2.75, 3.05) is 35.5 Å². The molecule has 0 saturated heterocycles. The monoisotopic (exact) mass is 454 g/mol. The minimum Gasteiger partial charge on any atom is -0.460 e. The zero-order valence-corrected chi connectivity index (χ0v) is 19.1. The van der Waals surface area contributed by atoms with Crippen LogP contribution < -0.4 is 14.8 Å². The van der Waals surface area contributed by atoms with Crippen molar-refractivity contribution in [2.45, 2.75) is 13.1 Å². The first-order valence-electron chi connectivity index (χ1n) is 9.90.